The van der Waals surface area contributed by atoms with Crippen LogP contribution < -0.4 is 10.1 Å². The molecule has 8 nitrogen and oxygen atoms in total. The van der Waals surface area contributed by atoms with E-state index in [1.54, 1.807) is 42.5 Å². The number of benzene rings is 2. The first-order chi connectivity index (χ1) is 17.7. The van der Waals surface area contributed by atoms with E-state index < -0.39 is 24.2 Å². The quantitative estimate of drug-likeness (QED) is 0.244. The number of likely N-dealkylation sites (N-methyl/N-ethyl adjacent to an activating group) is 1. The molecule has 0 saturated heterocycles. The predicted octanol–water partition coefficient (Wildman–Crippen LogP) is 4.61. The van der Waals surface area contributed by atoms with E-state index >= 15 is 0 Å². The van der Waals surface area contributed by atoms with Gasteiger partial charge in [-0.3, -0.25) is 4.79 Å². The summed E-state index contributed by atoms with van der Waals surface area (Å²) in [6.45, 7) is -0.0762. The van der Waals surface area contributed by atoms with Crippen molar-refractivity contribution >= 4 is 29.2 Å². The molecule has 3 rings (SSSR count). The molecule has 0 aliphatic rings. The third kappa shape index (κ3) is 6.98. The fourth-order valence-electron chi connectivity index (χ4n) is 3.27. The van der Waals surface area contributed by atoms with Crippen molar-refractivity contribution in [2.45, 2.75) is 18.9 Å². The lowest BCUT2D eigenvalue weighted by Gasteiger charge is -2.20. The van der Waals surface area contributed by atoms with Crippen LogP contribution >= 0.6 is 11.6 Å². The van der Waals surface area contributed by atoms with Crippen molar-refractivity contribution < 1.29 is 37.1 Å². The highest BCUT2D eigenvalue weighted by molar-refractivity contribution is 6.45. The average molecular weight is 536 g/mol. The van der Waals surface area contributed by atoms with Gasteiger partial charge in [-0.15, -0.1) is 0 Å². The van der Waals surface area contributed by atoms with Crippen LogP contribution in [0.1, 0.15) is 28.4 Å². The molecule has 1 heterocycles. The van der Waals surface area contributed by atoms with Gasteiger partial charge in [0.1, 0.15) is 18.7 Å². The van der Waals surface area contributed by atoms with E-state index in [-0.39, 0.29) is 28.8 Å². The number of halogens is 4. The van der Waals surface area contributed by atoms with Gasteiger partial charge in [0.25, 0.3) is 5.91 Å². The largest absolute Gasteiger partial charge is 0.490 e. The normalized spacial score (nSPS) is 12.4. The summed E-state index contributed by atoms with van der Waals surface area (Å²) in [5.74, 6) is -2.85. The molecule has 1 aromatic heterocycles. The van der Waals surface area contributed by atoms with E-state index in [0.29, 0.717) is 16.7 Å². The Labute approximate surface area is 215 Å². The number of aromatic nitrogens is 1. The number of hydrogen-bond acceptors (Lipinski definition) is 7. The van der Waals surface area contributed by atoms with Crippen LogP contribution in [-0.2, 0) is 25.8 Å². The van der Waals surface area contributed by atoms with E-state index in [1.165, 1.54) is 38.6 Å². The summed E-state index contributed by atoms with van der Waals surface area (Å²) in [5, 5.41) is 6.23. The number of rotatable bonds is 9. The Morgan fingerprint density at radius 1 is 1.08 bits per heavy atom. The van der Waals surface area contributed by atoms with Crippen LogP contribution in [0.2, 0.25) is 5.02 Å². The predicted molar refractivity (Wildman–Crippen MR) is 128 cm³/mol. The first-order valence-electron chi connectivity index (χ1n) is 10.7. The number of pyridine rings is 1. The third-order valence-electron chi connectivity index (χ3n) is 4.95. The third-order valence-corrected chi connectivity index (χ3v) is 5.22. The lowest BCUT2D eigenvalue weighted by molar-refractivity contribution is -0.203. The number of ether oxygens (including phenoxy) is 2. The summed E-state index contributed by atoms with van der Waals surface area (Å²) in [6.07, 6.45) is -5.38. The summed E-state index contributed by atoms with van der Waals surface area (Å²) in [7, 11) is 2.76. The van der Waals surface area contributed by atoms with Crippen LogP contribution in [0.15, 0.2) is 72.0 Å². The molecule has 0 fully saturated rings. The molecule has 3 aromatic rings. The minimum atomic E-state index is -5.18. The van der Waals surface area contributed by atoms with Crippen LogP contribution in [-0.4, -0.2) is 42.9 Å². The Bertz CT molecular complexity index is 1290. The lowest BCUT2D eigenvalue weighted by atomic mass is 10.0. The second-order valence-corrected chi connectivity index (χ2v) is 7.80. The van der Waals surface area contributed by atoms with Gasteiger partial charge in [-0.05, 0) is 17.2 Å². The Morgan fingerprint density at radius 3 is 2.38 bits per heavy atom. The lowest BCUT2D eigenvalue weighted by Crippen LogP contribution is -2.29. The van der Waals surface area contributed by atoms with Crippen molar-refractivity contribution in [3.8, 4) is 5.88 Å². The van der Waals surface area contributed by atoms with Gasteiger partial charge in [-0.25, -0.2) is 9.78 Å². The summed E-state index contributed by atoms with van der Waals surface area (Å²) < 4.78 is 49.1. The number of carbonyl (C=O) groups excluding carboxylic acids is 2. The number of nitrogens with zero attached hydrogens (tertiary/aromatic N) is 2. The van der Waals surface area contributed by atoms with Crippen molar-refractivity contribution in [3.05, 3.63) is 94.1 Å². The topological polar surface area (TPSA) is 99.1 Å². The molecule has 1 amide bonds. The number of hydrogen-bond donors (Lipinski definition) is 1. The number of carbonyl (C=O) groups is 2. The number of esters is 1. The zero-order chi connectivity index (χ0) is 27.0. The molecule has 1 N–H and O–H groups in total. The monoisotopic (exact) mass is 535 g/mol. The van der Waals surface area contributed by atoms with Gasteiger partial charge < -0.3 is 19.6 Å². The summed E-state index contributed by atoms with van der Waals surface area (Å²) in [5.41, 5.74) is 1.43. The molecule has 0 aliphatic heterocycles. The highest BCUT2D eigenvalue weighted by Crippen LogP contribution is 2.33. The summed E-state index contributed by atoms with van der Waals surface area (Å²) in [6, 6.07) is 16.0. The van der Waals surface area contributed by atoms with Crippen LogP contribution in [0, 0.1) is 0 Å². The van der Waals surface area contributed by atoms with Crippen molar-refractivity contribution in [2.24, 2.45) is 5.16 Å². The molecule has 37 heavy (non-hydrogen) atoms. The van der Waals surface area contributed by atoms with Crippen LogP contribution in [0.4, 0.5) is 13.2 Å². The summed E-state index contributed by atoms with van der Waals surface area (Å²) in [4.78, 5) is 32.7. The fourth-order valence-corrected chi connectivity index (χ4v) is 3.50. The smallest absolute Gasteiger partial charge is 0.472 e. The maximum atomic E-state index is 12.9. The number of nitrogens with one attached hydrogen (secondary N) is 1. The first kappa shape index (κ1) is 27.5. The average Bonchev–Trinajstić information content (AvgIpc) is 2.89. The second kappa shape index (κ2) is 12.2. The Morgan fingerprint density at radius 2 is 1.76 bits per heavy atom. The second-order valence-electron chi connectivity index (χ2n) is 7.40. The van der Waals surface area contributed by atoms with E-state index in [1.807, 2.05) is 0 Å². The van der Waals surface area contributed by atoms with Crippen LogP contribution in [0.5, 0.6) is 5.88 Å². The molecule has 0 radical (unpaired) electrons. The van der Waals surface area contributed by atoms with Gasteiger partial charge in [-0.2, -0.15) is 13.2 Å². The Kier molecular flexibility index (Phi) is 9.07. The Hall–Kier alpha value is -4.12. The van der Waals surface area contributed by atoms with Crippen LogP contribution in [0.25, 0.3) is 0 Å². The van der Waals surface area contributed by atoms with Crippen LogP contribution in [0.3, 0.4) is 0 Å². The van der Waals surface area contributed by atoms with Crippen molar-refractivity contribution in [1.29, 1.82) is 0 Å². The molecule has 2 aromatic carbocycles. The van der Waals surface area contributed by atoms with Crippen molar-refractivity contribution in [3.63, 3.8) is 0 Å². The molecule has 1 unspecified atom stereocenters. The molecule has 0 saturated carbocycles. The van der Waals surface area contributed by atoms with Gasteiger partial charge in [-0.1, -0.05) is 71.4 Å². The minimum absolute atomic E-state index is 0.0239. The maximum Gasteiger partial charge on any atom is 0.490 e. The summed E-state index contributed by atoms with van der Waals surface area (Å²) >= 11 is 6.32. The molecular formula is C25H21ClF3N3O5. The minimum Gasteiger partial charge on any atom is -0.472 e. The molecule has 0 bridgehead atoms. The number of amides is 1. The van der Waals surface area contributed by atoms with Gasteiger partial charge in [0.2, 0.25) is 5.88 Å². The highest BCUT2D eigenvalue weighted by Gasteiger charge is 2.42. The number of oxime groups is 1. The van der Waals surface area contributed by atoms with Gasteiger partial charge >= 0.3 is 12.1 Å². The fraction of sp³-hybridized carbons (Fsp3) is 0.200. The Balaban J connectivity index is 1.87. The molecule has 194 valence electrons. The van der Waals surface area contributed by atoms with Gasteiger partial charge in [0.05, 0.1) is 0 Å². The van der Waals surface area contributed by atoms with E-state index in [9.17, 15) is 22.8 Å². The molecule has 12 heteroatoms. The highest BCUT2D eigenvalue weighted by atomic mass is 35.5. The van der Waals surface area contributed by atoms with E-state index in [2.05, 4.69) is 15.5 Å². The van der Waals surface area contributed by atoms with Gasteiger partial charge in [0, 0.05) is 24.4 Å². The molecule has 0 aliphatic carbocycles. The van der Waals surface area contributed by atoms with E-state index in [4.69, 9.17) is 25.9 Å². The van der Waals surface area contributed by atoms with E-state index in [0.717, 1.165) is 0 Å². The standard InChI is InChI=1S/C25H21ClF3N3O5/c1-30-22(33)20(32-35-2)18-11-7-6-10-16(18)14-36-23-19(26)12-17(13-31-23)21(15-8-4-3-5-9-15)37-24(34)25(27,28)29/h3-13,21H,14H2,1-2H3,(H,30,33)/b32-20+. The SMILES string of the molecule is CNC(=O)/C(=N/OC)c1ccccc1COc1ncc(C(OC(=O)C(F)(F)F)c2ccccc2)cc1Cl. The first-order valence-corrected chi connectivity index (χ1v) is 11.1. The maximum absolute atomic E-state index is 12.9. The van der Waals surface area contributed by atoms with Crippen molar-refractivity contribution in [2.75, 3.05) is 14.2 Å². The number of alkyl halides is 3. The van der Waals surface area contributed by atoms with Crippen molar-refractivity contribution in [1.82, 2.24) is 10.3 Å². The zero-order valence-corrected chi connectivity index (χ0v) is 20.3. The molecular weight excluding hydrogens is 515 g/mol. The van der Waals surface area contributed by atoms with Gasteiger partial charge in [0.15, 0.2) is 11.8 Å². The zero-order valence-electron chi connectivity index (χ0n) is 19.6. The molecule has 1 atom stereocenters. The molecule has 0 spiro atoms.